The average Bonchev–Trinajstić information content (AvgIpc) is 2.47. The predicted octanol–water partition coefficient (Wildman–Crippen LogP) is 3.45. The number of anilines is 1. The van der Waals surface area contributed by atoms with E-state index < -0.39 is 33.6 Å². The number of carbonyl (C=O) groups excluding carboxylic acids is 1. The number of esters is 1. The van der Waals surface area contributed by atoms with E-state index in [9.17, 15) is 24.4 Å². The van der Waals surface area contributed by atoms with Crippen molar-refractivity contribution in [2.24, 2.45) is 0 Å². The zero-order chi connectivity index (χ0) is 19.7. The summed E-state index contributed by atoms with van der Waals surface area (Å²) in [5, 5.41) is 21.3. The lowest BCUT2D eigenvalue weighted by Crippen LogP contribution is -2.46. The van der Waals surface area contributed by atoms with Crippen LogP contribution in [0, 0.1) is 15.9 Å². The van der Waals surface area contributed by atoms with Crippen molar-refractivity contribution in [3.63, 3.8) is 0 Å². The van der Waals surface area contributed by atoms with E-state index in [1.807, 2.05) is 0 Å². The van der Waals surface area contributed by atoms with Gasteiger partial charge in [-0.3, -0.25) is 14.9 Å². The summed E-state index contributed by atoms with van der Waals surface area (Å²) < 4.78 is 19.5. The average molecular weight is 389 g/mol. The zero-order valence-electron chi connectivity index (χ0n) is 14.9. The molecule has 0 amide bonds. The fraction of sp³-hybridized carbons (Fsp3) is 0.588. The molecule has 1 aromatic carbocycles. The van der Waals surface area contributed by atoms with E-state index in [4.69, 9.17) is 16.3 Å². The standard InChI is InChI=1S/C17H22ClFN2O5/c1-16(2,3)26-15(22)10-17(23)4-6-20(7-5-17)14-8-11(18)13(21(24)25)9-12(14)19/h8-9,23H,4-7,10H2,1-3H3. The minimum atomic E-state index is -1.22. The smallest absolute Gasteiger partial charge is 0.309 e. The number of nitro groups is 1. The molecule has 0 unspecified atom stereocenters. The minimum Gasteiger partial charge on any atom is -0.460 e. The van der Waals surface area contributed by atoms with Crippen LogP contribution in [0.1, 0.15) is 40.0 Å². The number of hydrogen-bond donors (Lipinski definition) is 1. The first kappa shape index (κ1) is 20.4. The number of halogens is 2. The highest BCUT2D eigenvalue weighted by Gasteiger charge is 2.37. The number of rotatable bonds is 4. The van der Waals surface area contributed by atoms with Crippen LogP contribution in [0.25, 0.3) is 0 Å². The summed E-state index contributed by atoms with van der Waals surface area (Å²) in [6.07, 6.45) is 0.336. The second kappa shape index (κ2) is 7.36. The van der Waals surface area contributed by atoms with Crippen molar-refractivity contribution in [1.82, 2.24) is 0 Å². The molecule has 0 aromatic heterocycles. The van der Waals surface area contributed by atoms with Crippen molar-refractivity contribution in [2.45, 2.75) is 51.2 Å². The quantitative estimate of drug-likeness (QED) is 0.482. The van der Waals surface area contributed by atoms with Crippen LogP contribution in [0.4, 0.5) is 15.8 Å². The van der Waals surface area contributed by atoms with Gasteiger partial charge in [0.1, 0.15) is 10.6 Å². The molecule has 0 spiro atoms. The largest absolute Gasteiger partial charge is 0.460 e. The first-order valence-electron chi connectivity index (χ1n) is 8.23. The van der Waals surface area contributed by atoms with Gasteiger partial charge in [0.05, 0.1) is 28.7 Å². The molecule has 1 aliphatic rings. The minimum absolute atomic E-state index is 0.137. The molecule has 1 heterocycles. The van der Waals surface area contributed by atoms with Gasteiger partial charge in [-0.2, -0.15) is 0 Å². The predicted molar refractivity (Wildman–Crippen MR) is 94.9 cm³/mol. The maximum atomic E-state index is 14.2. The molecule has 1 aliphatic heterocycles. The lowest BCUT2D eigenvalue weighted by molar-refractivity contribution is -0.384. The molecule has 0 saturated carbocycles. The number of carbonyl (C=O) groups is 1. The van der Waals surface area contributed by atoms with Gasteiger partial charge in [-0.25, -0.2) is 4.39 Å². The summed E-state index contributed by atoms with van der Waals surface area (Å²) in [5.41, 5.74) is -2.21. The van der Waals surface area contributed by atoms with E-state index in [0.29, 0.717) is 0 Å². The van der Waals surface area contributed by atoms with E-state index in [1.165, 1.54) is 6.07 Å². The summed E-state index contributed by atoms with van der Waals surface area (Å²) in [4.78, 5) is 23.7. The molecule has 7 nitrogen and oxygen atoms in total. The van der Waals surface area contributed by atoms with Crippen LogP contribution in [0.2, 0.25) is 5.02 Å². The number of benzene rings is 1. The molecule has 0 bridgehead atoms. The molecule has 1 saturated heterocycles. The SMILES string of the molecule is CC(C)(C)OC(=O)CC1(O)CCN(c2cc(Cl)c([N+](=O)[O-])cc2F)CC1. The van der Waals surface area contributed by atoms with Crippen molar-refractivity contribution in [1.29, 1.82) is 0 Å². The molecule has 144 valence electrons. The number of ether oxygens (including phenoxy) is 1. The van der Waals surface area contributed by atoms with Crippen molar-refractivity contribution < 1.29 is 24.0 Å². The molecule has 0 aliphatic carbocycles. The van der Waals surface area contributed by atoms with Gasteiger partial charge in [0.2, 0.25) is 0 Å². The normalized spacial score (nSPS) is 17.1. The van der Waals surface area contributed by atoms with Crippen LogP contribution in [0.15, 0.2) is 12.1 Å². The number of nitro benzene ring substituents is 1. The maximum absolute atomic E-state index is 14.2. The third-order valence-corrected chi connectivity index (χ3v) is 4.44. The van der Waals surface area contributed by atoms with Crippen LogP contribution >= 0.6 is 11.6 Å². The topological polar surface area (TPSA) is 92.9 Å². The number of aliphatic hydroxyl groups is 1. The van der Waals surface area contributed by atoms with Crippen LogP contribution in [-0.4, -0.2) is 40.3 Å². The van der Waals surface area contributed by atoms with Gasteiger partial charge in [-0.15, -0.1) is 0 Å². The van der Waals surface area contributed by atoms with E-state index in [1.54, 1.807) is 25.7 Å². The molecule has 2 rings (SSSR count). The molecule has 1 fully saturated rings. The summed E-state index contributed by atoms with van der Waals surface area (Å²) in [7, 11) is 0. The summed E-state index contributed by atoms with van der Waals surface area (Å²) in [6, 6.07) is 2.01. The number of piperidine rings is 1. The Morgan fingerprint density at radius 3 is 2.50 bits per heavy atom. The van der Waals surface area contributed by atoms with Crippen molar-refractivity contribution in [2.75, 3.05) is 18.0 Å². The Bertz CT molecular complexity index is 712. The highest BCUT2D eigenvalue weighted by atomic mass is 35.5. The van der Waals surface area contributed by atoms with Gasteiger partial charge in [-0.05, 0) is 39.7 Å². The van der Waals surface area contributed by atoms with Gasteiger partial charge in [0, 0.05) is 13.1 Å². The highest BCUT2D eigenvalue weighted by Crippen LogP contribution is 2.35. The second-order valence-corrected chi connectivity index (χ2v) is 7.89. The first-order chi connectivity index (χ1) is 11.9. The fourth-order valence-electron chi connectivity index (χ4n) is 2.89. The zero-order valence-corrected chi connectivity index (χ0v) is 15.7. The molecule has 0 radical (unpaired) electrons. The Morgan fingerprint density at radius 1 is 1.42 bits per heavy atom. The van der Waals surface area contributed by atoms with Crippen LogP contribution in [0.5, 0.6) is 0 Å². The molecule has 1 N–H and O–H groups in total. The molecular formula is C17H22ClFN2O5. The van der Waals surface area contributed by atoms with Crippen molar-refractivity contribution in [3.8, 4) is 0 Å². The lowest BCUT2D eigenvalue weighted by Gasteiger charge is -2.39. The molecular weight excluding hydrogens is 367 g/mol. The van der Waals surface area contributed by atoms with Gasteiger partial charge in [0.25, 0.3) is 5.69 Å². The Balaban J connectivity index is 2.05. The van der Waals surface area contributed by atoms with E-state index >= 15 is 0 Å². The van der Waals surface area contributed by atoms with Crippen LogP contribution in [0.3, 0.4) is 0 Å². The Labute approximate surface area is 155 Å². The lowest BCUT2D eigenvalue weighted by atomic mass is 9.88. The number of nitrogens with zero attached hydrogens (tertiary/aromatic N) is 2. The number of hydrogen-bond acceptors (Lipinski definition) is 6. The van der Waals surface area contributed by atoms with Crippen LogP contribution in [-0.2, 0) is 9.53 Å². The molecule has 1 aromatic rings. The Kier molecular flexibility index (Phi) is 5.77. The first-order valence-corrected chi connectivity index (χ1v) is 8.61. The van der Waals surface area contributed by atoms with Crippen molar-refractivity contribution in [3.05, 3.63) is 33.1 Å². The maximum Gasteiger partial charge on any atom is 0.309 e. The van der Waals surface area contributed by atoms with Gasteiger partial charge >= 0.3 is 5.97 Å². The Morgan fingerprint density at radius 2 is 2.00 bits per heavy atom. The van der Waals surface area contributed by atoms with Gasteiger partial charge < -0.3 is 14.7 Å². The van der Waals surface area contributed by atoms with Gasteiger partial charge in [0.15, 0.2) is 5.82 Å². The molecule has 9 heteroatoms. The van der Waals surface area contributed by atoms with Gasteiger partial charge in [-0.1, -0.05) is 11.6 Å². The molecule has 0 atom stereocenters. The highest BCUT2D eigenvalue weighted by molar-refractivity contribution is 6.32. The summed E-state index contributed by atoms with van der Waals surface area (Å²) >= 11 is 5.86. The second-order valence-electron chi connectivity index (χ2n) is 7.49. The molecule has 26 heavy (non-hydrogen) atoms. The third-order valence-electron chi connectivity index (χ3n) is 4.14. The van der Waals surface area contributed by atoms with E-state index in [2.05, 4.69) is 0 Å². The fourth-order valence-corrected chi connectivity index (χ4v) is 3.12. The van der Waals surface area contributed by atoms with E-state index in [-0.39, 0.29) is 43.1 Å². The van der Waals surface area contributed by atoms with E-state index in [0.717, 1.165) is 6.07 Å². The van der Waals surface area contributed by atoms with Crippen molar-refractivity contribution >= 4 is 28.9 Å². The Hall–Kier alpha value is -1.93. The monoisotopic (exact) mass is 388 g/mol. The third kappa shape index (κ3) is 5.04. The summed E-state index contributed by atoms with van der Waals surface area (Å²) in [5.74, 6) is -1.24. The summed E-state index contributed by atoms with van der Waals surface area (Å²) in [6.45, 7) is 5.81. The van der Waals surface area contributed by atoms with Crippen LogP contribution < -0.4 is 4.90 Å².